The van der Waals surface area contributed by atoms with Crippen LogP contribution in [0.4, 0.5) is 13.2 Å². The number of carbonyl (C=O) groups excluding carboxylic acids is 1. The molecule has 1 amide bonds. The second-order valence-corrected chi connectivity index (χ2v) is 3.34. The summed E-state index contributed by atoms with van der Waals surface area (Å²) in [5.41, 5.74) is 4.87. The first kappa shape index (κ1) is 13.9. The van der Waals surface area contributed by atoms with E-state index in [-0.39, 0.29) is 17.7 Å². The maximum absolute atomic E-state index is 12.1. The number of rotatable bonds is 4. The zero-order chi connectivity index (χ0) is 13.8. The number of phenols is 1. The van der Waals surface area contributed by atoms with Crippen molar-refractivity contribution in [3.63, 3.8) is 0 Å². The lowest BCUT2D eigenvalue weighted by Gasteiger charge is -2.11. The number of alkyl halides is 3. The van der Waals surface area contributed by atoms with E-state index in [9.17, 15) is 23.1 Å². The van der Waals surface area contributed by atoms with Crippen LogP contribution in [0.5, 0.6) is 11.5 Å². The van der Waals surface area contributed by atoms with E-state index in [0.717, 1.165) is 18.2 Å². The van der Waals surface area contributed by atoms with Crippen molar-refractivity contribution in [3.05, 3.63) is 29.8 Å². The van der Waals surface area contributed by atoms with Crippen LogP contribution in [0, 0.1) is 0 Å². The van der Waals surface area contributed by atoms with Crippen LogP contribution >= 0.6 is 0 Å². The van der Waals surface area contributed by atoms with Crippen molar-refractivity contribution in [2.24, 2.45) is 5.73 Å². The number of amides is 1. The lowest BCUT2D eigenvalue weighted by Crippen LogP contribution is -2.17. The molecule has 3 N–H and O–H groups in total. The number of ether oxygens (including phenoxy) is 1. The van der Waals surface area contributed by atoms with E-state index in [2.05, 4.69) is 4.74 Å². The van der Waals surface area contributed by atoms with Crippen LogP contribution in [-0.4, -0.2) is 17.4 Å². The van der Waals surface area contributed by atoms with Crippen molar-refractivity contribution in [2.75, 3.05) is 0 Å². The number of aromatic hydroxyl groups is 1. The van der Waals surface area contributed by atoms with Gasteiger partial charge in [-0.1, -0.05) is 12.2 Å². The zero-order valence-corrected chi connectivity index (χ0v) is 9.07. The molecule has 18 heavy (non-hydrogen) atoms. The number of nitrogens with two attached hydrogens (primary N) is 1. The summed E-state index contributed by atoms with van der Waals surface area (Å²) in [6.07, 6.45) is -2.46. The molecule has 0 spiro atoms. The Hall–Kier alpha value is -2.18. The van der Waals surface area contributed by atoms with E-state index >= 15 is 0 Å². The molecular weight excluding hydrogens is 251 g/mol. The van der Waals surface area contributed by atoms with Crippen LogP contribution in [-0.2, 0) is 4.79 Å². The van der Waals surface area contributed by atoms with E-state index in [0.29, 0.717) is 0 Å². The second-order valence-electron chi connectivity index (χ2n) is 3.34. The number of primary amides is 1. The molecule has 0 radical (unpaired) electrons. The van der Waals surface area contributed by atoms with E-state index in [4.69, 9.17) is 5.73 Å². The third-order valence-corrected chi connectivity index (χ3v) is 1.84. The third kappa shape index (κ3) is 4.77. The molecule has 0 heterocycles. The molecular formula is C11H10F3NO3. The first-order valence-electron chi connectivity index (χ1n) is 4.81. The standard InChI is InChI=1S/C11H10F3NO3/c12-11(13,14)18-9-5-4-8(16)6-7(9)2-1-3-10(15)17/h1-2,4-6,16H,3H2,(H2,15,17). The van der Waals surface area contributed by atoms with Gasteiger partial charge in [-0.25, -0.2) is 0 Å². The molecule has 0 aromatic heterocycles. The van der Waals surface area contributed by atoms with Gasteiger partial charge in [-0.3, -0.25) is 4.79 Å². The molecule has 0 fully saturated rings. The van der Waals surface area contributed by atoms with Gasteiger partial charge in [-0.2, -0.15) is 0 Å². The molecule has 1 rings (SSSR count). The van der Waals surface area contributed by atoms with E-state index in [1.165, 1.54) is 12.2 Å². The van der Waals surface area contributed by atoms with Crippen LogP contribution in [0.3, 0.4) is 0 Å². The fourth-order valence-corrected chi connectivity index (χ4v) is 1.19. The summed E-state index contributed by atoms with van der Waals surface area (Å²) in [4.78, 5) is 10.5. The SMILES string of the molecule is NC(=O)CC=Cc1cc(O)ccc1OC(F)(F)F. The van der Waals surface area contributed by atoms with Crippen molar-refractivity contribution in [1.82, 2.24) is 0 Å². The Balaban J connectivity index is 2.96. The van der Waals surface area contributed by atoms with Crippen molar-refractivity contribution in [2.45, 2.75) is 12.8 Å². The number of phenolic OH excluding ortho intramolecular Hbond substituents is 1. The highest BCUT2D eigenvalue weighted by Gasteiger charge is 2.31. The van der Waals surface area contributed by atoms with Crippen LogP contribution in [0.25, 0.3) is 6.08 Å². The van der Waals surface area contributed by atoms with Crippen LogP contribution in [0.1, 0.15) is 12.0 Å². The lowest BCUT2D eigenvalue weighted by molar-refractivity contribution is -0.274. The fourth-order valence-electron chi connectivity index (χ4n) is 1.19. The van der Waals surface area contributed by atoms with Gasteiger partial charge in [-0.15, -0.1) is 13.2 Å². The van der Waals surface area contributed by atoms with Crippen molar-refractivity contribution < 1.29 is 27.8 Å². The summed E-state index contributed by atoms with van der Waals surface area (Å²) >= 11 is 0. The molecule has 0 aliphatic carbocycles. The minimum atomic E-state index is -4.83. The highest BCUT2D eigenvalue weighted by molar-refractivity contribution is 5.76. The summed E-state index contributed by atoms with van der Waals surface area (Å²) in [5, 5.41) is 9.18. The minimum Gasteiger partial charge on any atom is -0.508 e. The zero-order valence-electron chi connectivity index (χ0n) is 9.07. The average Bonchev–Trinajstić information content (AvgIpc) is 2.19. The summed E-state index contributed by atoms with van der Waals surface area (Å²) in [5.74, 6) is -1.31. The molecule has 7 heteroatoms. The Morgan fingerprint density at radius 2 is 2.11 bits per heavy atom. The van der Waals surface area contributed by atoms with Gasteiger partial charge in [0.15, 0.2) is 0 Å². The maximum Gasteiger partial charge on any atom is 0.573 e. The van der Waals surface area contributed by atoms with E-state index in [1.807, 2.05) is 0 Å². The largest absolute Gasteiger partial charge is 0.573 e. The highest BCUT2D eigenvalue weighted by Crippen LogP contribution is 2.29. The molecule has 4 nitrogen and oxygen atoms in total. The highest BCUT2D eigenvalue weighted by atomic mass is 19.4. The van der Waals surface area contributed by atoms with Crippen molar-refractivity contribution in [3.8, 4) is 11.5 Å². The number of halogens is 3. The monoisotopic (exact) mass is 261 g/mol. The van der Waals surface area contributed by atoms with Gasteiger partial charge in [0.25, 0.3) is 0 Å². The molecule has 1 aromatic rings. The molecule has 0 aliphatic rings. The number of hydrogen-bond acceptors (Lipinski definition) is 3. The molecule has 0 saturated heterocycles. The third-order valence-electron chi connectivity index (χ3n) is 1.84. The van der Waals surface area contributed by atoms with Gasteiger partial charge in [0.2, 0.25) is 5.91 Å². The fraction of sp³-hybridized carbons (Fsp3) is 0.182. The van der Waals surface area contributed by atoms with E-state index in [1.54, 1.807) is 0 Å². The Bertz CT molecular complexity index is 469. The van der Waals surface area contributed by atoms with Gasteiger partial charge in [0.1, 0.15) is 11.5 Å². The van der Waals surface area contributed by atoms with Crippen molar-refractivity contribution in [1.29, 1.82) is 0 Å². The molecule has 0 aliphatic heterocycles. The van der Waals surface area contributed by atoms with Crippen molar-refractivity contribution >= 4 is 12.0 Å². The van der Waals surface area contributed by atoms with Gasteiger partial charge >= 0.3 is 6.36 Å². The first-order chi connectivity index (χ1) is 8.28. The molecule has 0 unspecified atom stereocenters. The molecule has 98 valence electrons. The summed E-state index contributed by atoms with van der Waals surface area (Å²) in [7, 11) is 0. The van der Waals surface area contributed by atoms with Gasteiger partial charge in [0, 0.05) is 12.0 Å². The predicted octanol–water partition coefficient (Wildman–Crippen LogP) is 2.18. The second kappa shape index (κ2) is 5.44. The smallest absolute Gasteiger partial charge is 0.508 e. The Labute approximate surface area is 100 Å². The Morgan fingerprint density at radius 3 is 2.67 bits per heavy atom. The van der Waals surface area contributed by atoms with Crippen LogP contribution in [0.2, 0.25) is 0 Å². The summed E-state index contributed by atoms with van der Waals surface area (Å²) in [6, 6.07) is 3.12. The van der Waals surface area contributed by atoms with Gasteiger partial charge in [-0.05, 0) is 18.2 Å². The quantitative estimate of drug-likeness (QED) is 0.872. The summed E-state index contributed by atoms with van der Waals surface area (Å²) in [6.45, 7) is 0. The van der Waals surface area contributed by atoms with Gasteiger partial charge < -0.3 is 15.6 Å². The minimum absolute atomic E-state index is 0.00595. The maximum atomic E-state index is 12.1. The predicted molar refractivity (Wildman–Crippen MR) is 57.6 cm³/mol. The molecule has 0 saturated carbocycles. The van der Waals surface area contributed by atoms with Crippen LogP contribution in [0.15, 0.2) is 24.3 Å². The summed E-state index contributed by atoms with van der Waals surface area (Å²) < 4.78 is 40.0. The first-order valence-corrected chi connectivity index (χ1v) is 4.81. The Kier molecular flexibility index (Phi) is 4.19. The topological polar surface area (TPSA) is 72.6 Å². The average molecular weight is 261 g/mol. The number of carbonyl (C=O) groups is 1. The Morgan fingerprint density at radius 1 is 1.44 bits per heavy atom. The molecule has 0 atom stereocenters. The lowest BCUT2D eigenvalue weighted by atomic mass is 10.1. The van der Waals surface area contributed by atoms with E-state index < -0.39 is 18.0 Å². The van der Waals surface area contributed by atoms with Gasteiger partial charge in [0.05, 0.1) is 0 Å². The number of hydrogen-bond donors (Lipinski definition) is 2. The molecule has 1 aromatic carbocycles. The molecule has 0 bridgehead atoms. The van der Waals surface area contributed by atoms with Crippen LogP contribution < -0.4 is 10.5 Å². The normalized spacial score (nSPS) is 11.7. The number of benzene rings is 1.